The number of carbonyl (C=O) groups excluding carboxylic acids is 3. The minimum atomic E-state index is -0.327. The monoisotopic (exact) mass is 397 g/mol. The van der Waals surface area contributed by atoms with E-state index in [1.807, 2.05) is 24.3 Å². The molecule has 0 bridgehead atoms. The van der Waals surface area contributed by atoms with Crippen molar-refractivity contribution in [3.05, 3.63) is 83.7 Å². The highest BCUT2D eigenvalue weighted by molar-refractivity contribution is 6.21. The second-order valence-electron chi connectivity index (χ2n) is 7.43. The van der Waals surface area contributed by atoms with Gasteiger partial charge in [0.05, 0.1) is 11.1 Å². The van der Waals surface area contributed by atoms with E-state index in [1.54, 1.807) is 41.6 Å². The highest BCUT2D eigenvalue weighted by Crippen LogP contribution is 2.33. The van der Waals surface area contributed by atoms with Gasteiger partial charge in [-0.05, 0) is 59.5 Å². The third-order valence-corrected chi connectivity index (χ3v) is 5.72. The molecule has 0 saturated heterocycles. The van der Waals surface area contributed by atoms with Crippen molar-refractivity contribution in [2.75, 3.05) is 18.0 Å². The van der Waals surface area contributed by atoms with Gasteiger partial charge in [-0.25, -0.2) is 0 Å². The predicted molar refractivity (Wildman–Crippen MR) is 112 cm³/mol. The molecule has 3 aromatic rings. The van der Waals surface area contributed by atoms with Crippen LogP contribution in [0.1, 0.15) is 32.7 Å². The zero-order chi connectivity index (χ0) is 20.7. The van der Waals surface area contributed by atoms with Crippen molar-refractivity contribution in [1.82, 2.24) is 9.88 Å². The van der Waals surface area contributed by atoms with Crippen molar-refractivity contribution in [2.45, 2.75) is 12.8 Å². The topological polar surface area (TPSA) is 70.6 Å². The van der Waals surface area contributed by atoms with Crippen LogP contribution in [0, 0.1) is 0 Å². The van der Waals surface area contributed by atoms with Gasteiger partial charge in [0.25, 0.3) is 11.8 Å². The van der Waals surface area contributed by atoms with Crippen LogP contribution in [-0.2, 0) is 11.2 Å². The van der Waals surface area contributed by atoms with E-state index in [0.29, 0.717) is 17.7 Å². The maximum absolute atomic E-state index is 12.9. The van der Waals surface area contributed by atoms with E-state index < -0.39 is 0 Å². The zero-order valence-electron chi connectivity index (χ0n) is 16.2. The average molecular weight is 397 g/mol. The van der Waals surface area contributed by atoms with E-state index >= 15 is 0 Å². The van der Waals surface area contributed by atoms with Crippen LogP contribution in [0.4, 0.5) is 5.69 Å². The number of benzene rings is 2. The second kappa shape index (κ2) is 7.22. The zero-order valence-corrected chi connectivity index (χ0v) is 16.2. The molecular formula is C24H19N3O3. The first kappa shape index (κ1) is 18.2. The van der Waals surface area contributed by atoms with Crippen LogP contribution in [0.15, 0.2) is 67.0 Å². The minimum absolute atomic E-state index is 0.0815. The Kier molecular flexibility index (Phi) is 4.39. The fourth-order valence-electron chi connectivity index (χ4n) is 4.17. The summed E-state index contributed by atoms with van der Waals surface area (Å²) in [6.07, 6.45) is 4.42. The Hall–Kier alpha value is -3.80. The second-order valence-corrected chi connectivity index (χ2v) is 7.43. The van der Waals surface area contributed by atoms with Crippen LogP contribution in [-0.4, -0.2) is 40.7 Å². The standard InChI is InChI=1S/C24H19N3O3/c28-22(10-14-27-23(29)19-3-1-2-4-20(19)24(27)30)26-13-9-18-15-17(5-6-21(18)26)16-7-11-25-12-8-16/h1-8,11-12,15H,9-10,13-14H2. The molecule has 3 amide bonds. The number of amides is 3. The van der Waals surface area contributed by atoms with Crippen LogP contribution in [0.5, 0.6) is 0 Å². The molecule has 0 aliphatic carbocycles. The molecule has 2 aliphatic rings. The third kappa shape index (κ3) is 2.97. The lowest BCUT2D eigenvalue weighted by Gasteiger charge is -2.20. The summed E-state index contributed by atoms with van der Waals surface area (Å²) in [5, 5.41) is 0. The molecule has 30 heavy (non-hydrogen) atoms. The fraction of sp³-hybridized carbons (Fsp3) is 0.167. The number of rotatable bonds is 4. The Balaban J connectivity index is 1.29. The van der Waals surface area contributed by atoms with Gasteiger partial charge in [0, 0.05) is 37.6 Å². The summed E-state index contributed by atoms with van der Waals surface area (Å²) < 4.78 is 0. The highest BCUT2D eigenvalue weighted by atomic mass is 16.2. The molecule has 0 N–H and O–H groups in total. The van der Waals surface area contributed by atoms with Crippen LogP contribution >= 0.6 is 0 Å². The Bertz CT molecular complexity index is 1140. The van der Waals surface area contributed by atoms with E-state index in [0.717, 1.165) is 28.8 Å². The Morgan fingerprint density at radius 1 is 0.900 bits per heavy atom. The Morgan fingerprint density at radius 2 is 1.60 bits per heavy atom. The predicted octanol–water partition coefficient (Wildman–Crippen LogP) is 3.32. The van der Waals surface area contributed by atoms with Crippen molar-refractivity contribution in [3.63, 3.8) is 0 Å². The van der Waals surface area contributed by atoms with Crippen LogP contribution in [0.3, 0.4) is 0 Å². The normalized spacial score (nSPS) is 14.8. The van der Waals surface area contributed by atoms with E-state index in [4.69, 9.17) is 0 Å². The molecular weight excluding hydrogens is 378 g/mol. The maximum atomic E-state index is 12.9. The molecule has 3 heterocycles. The minimum Gasteiger partial charge on any atom is -0.312 e. The third-order valence-electron chi connectivity index (χ3n) is 5.72. The number of pyridine rings is 1. The number of aromatic nitrogens is 1. The van der Waals surface area contributed by atoms with Gasteiger partial charge in [-0.2, -0.15) is 0 Å². The van der Waals surface area contributed by atoms with Crippen LogP contribution in [0.2, 0.25) is 0 Å². The van der Waals surface area contributed by atoms with Gasteiger partial charge >= 0.3 is 0 Å². The van der Waals surface area contributed by atoms with Crippen molar-refractivity contribution >= 4 is 23.4 Å². The summed E-state index contributed by atoms with van der Waals surface area (Å²) in [5.41, 5.74) is 5.02. The molecule has 5 rings (SSSR count). The molecule has 6 nitrogen and oxygen atoms in total. The summed E-state index contributed by atoms with van der Waals surface area (Å²) >= 11 is 0. The number of imide groups is 1. The van der Waals surface area contributed by atoms with Crippen LogP contribution in [0.25, 0.3) is 11.1 Å². The Labute approximate surface area is 173 Å². The number of hydrogen-bond donors (Lipinski definition) is 0. The van der Waals surface area contributed by atoms with Gasteiger partial charge in [0.2, 0.25) is 5.91 Å². The summed E-state index contributed by atoms with van der Waals surface area (Å²) in [6.45, 7) is 0.697. The molecule has 2 aromatic carbocycles. The summed E-state index contributed by atoms with van der Waals surface area (Å²) in [6, 6.07) is 16.8. The van der Waals surface area contributed by atoms with E-state index in [9.17, 15) is 14.4 Å². The lowest BCUT2D eigenvalue weighted by Crippen LogP contribution is -2.36. The molecule has 2 aliphatic heterocycles. The largest absolute Gasteiger partial charge is 0.312 e. The average Bonchev–Trinajstić information content (AvgIpc) is 3.32. The number of anilines is 1. The van der Waals surface area contributed by atoms with E-state index in [-0.39, 0.29) is 30.7 Å². The molecule has 0 radical (unpaired) electrons. The number of carbonyl (C=O) groups is 3. The number of hydrogen-bond acceptors (Lipinski definition) is 4. The maximum Gasteiger partial charge on any atom is 0.261 e. The van der Waals surface area contributed by atoms with Gasteiger partial charge in [-0.15, -0.1) is 0 Å². The highest BCUT2D eigenvalue weighted by Gasteiger charge is 2.35. The summed E-state index contributed by atoms with van der Waals surface area (Å²) in [5.74, 6) is -0.735. The molecule has 1 aromatic heterocycles. The van der Waals surface area contributed by atoms with E-state index in [1.165, 1.54) is 4.90 Å². The lowest BCUT2D eigenvalue weighted by molar-refractivity contribution is -0.118. The molecule has 148 valence electrons. The molecule has 0 fully saturated rings. The van der Waals surface area contributed by atoms with Crippen molar-refractivity contribution in [3.8, 4) is 11.1 Å². The van der Waals surface area contributed by atoms with Crippen molar-refractivity contribution in [1.29, 1.82) is 0 Å². The van der Waals surface area contributed by atoms with Gasteiger partial charge in [0.1, 0.15) is 0 Å². The summed E-state index contributed by atoms with van der Waals surface area (Å²) in [7, 11) is 0. The molecule has 0 saturated carbocycles. The SMILES string of the molecule is O=C1c2ccccc2C(=O)N1CCC(=O)N1CCc2cc(-c3ccncc3)ccc21. The summed E-state index contributed by atoms with van der Waals surface area (Å²) in [4.78, 5) is 44.8. The lowest BCUT2D eigenvalue weighted by atomic mass is 10.0. The van der Waals surface area contributed by atoms with Gasteiger partial charge in [-0.3, -0.25) is 24.3 Å². The molecule has 6 heteroatoms. The molecule has 0 atom stereocenters. The van der Waals surface area contributed by atoms with Crippen LogP contribution < -0.4 is 4.90 Å². The quantitative estimate of drug-likeness (QED) is 0.633. The van der Waals surface area contributed by atoms with Crippen molar-refractivity contribution in [2.24, 2.45) is 0 Å². The number of nitrogens with zero attached hydrogens (tertiary/aromatic N) is 3. The first-order chi connectivity index (χ1) is 14.6. The number of fused-ring (bicyclic) bond motifs is 2. The van der Waals surface area contributed by atoms with Gasteiger partial charge in [0.15, 0.2) is 0 Å². The Morgan fingerprint density at radius 3 is 2.30 bits per heavy atom. The smallest absolute Gasteiger partial charge is 0.261 e. The molecule has 0 unspecified atom stereocenters. The van der Waals surface area contributed by atoms with E-state index in [2.05, 4.69) is 11.1 Å². The first-order valence-corrected chi connectivity index (χ1v) is 9.92. The first-order valence-electron chi connectivity index (χ1n) is 9.92. The van der Waals surface area contributed by atoms with Gasteiger partial charge in [-0.1, -0.05) is 18.2 Å². The fourth-order valence-corrected chi connectivity index (χ4v) is 4.17. The van der Waals surface area contributed by atoms with Crippen molar-refractivity contribution < 1.29 is 14.4 Å². The molecule has 0 spiro atoms. The van der Waals surface area contributed by atoms with Gasteiger partial charge < -0.3 is 4.90 Å².